The first-order valence-corrected chi connectivity index (χ1v) is 14.1. The van der Waals surface area contributed by atoms with Crippen molar-refractivity contribution in [2.24, 2.45) is 0 Å². The van der Waals surface area contributed by atoms with Gasteiger partial charge in [0.05, 0.1) is 12.6 Å². The molecule has 1 saturated carbocycles. The molecule has 2 aromatic rings. The van der Waals surface area contributed by atoms with E-state index in [4.69, 9.17) is 0 Å². The van der Waals surface area contributed by atoms with Crippen LogP contribution in [0.5, 0.6) is 0 Å². The molecule has 2 atom stereocenters. The fourth-order valence-corrected chi connectivity index (χ4v) is 5.40. The van der Waals surface area contributed by atoms with Crippen LogP contribution < -0.4 is 15.5 Å². The summed E-state index contributed by atoms with van der Waals surface area (Å²) in [6.07, 6.45) is 0.216. The summed E-state index contributed by atoms with van der Waals surface area (Å²) in [6, 6.07) is -0.175. The highest BCUT2D eigenvalue weighted by atomic mass is 32.5. The molecule has 0 radical (unpaired) electrons. The Kier molecular flexibility index (Phi) is 7.14. The highest BCUT2D eigenvalue weighted by molar-refractivity contribution is 8.45. The lowest BCUT2D eigenvalue weighted by Gasteiger charge is -2.41. The van der Waals surface area contributed by atoms with E-state index in [0.717, 1.165) is 6.20 Å². The summed E-state index contributed by atoms with van der Waals surface area (Å²) < 4.78 is 122. The van der Waals surface area contributed by atoms with Crippen LogP contribution in [0.4, 0.5) is 42.7 Å². The van der Waals surface area contributed by atoms with Gasteiger partial charge in [0, 0.05) is 48.9 Å². The first-order valence-electron chi connectivity index (χ1n) is 12.1. The SMILES string of the molecule is O=C(NC1CCC(F)(F)CC1)C(c1cccnc1)N(C(=O)C1CC(F)(F)CN1)c1ccc(S(F)(F)(F)(F)F)cc1. The fraction of sp³-hybridized carbons (Fsp3) is 0.458. The zero-order valence-corrected chi connectivity index (χ0v) is 21.4. The van der Waals surface area contributed by atoms with Gasteiger partial charge in [0.15, 0.2) is 0 Å². The lowest BCUT2D eigenvalue weighted by atomic mass is 9.91. The van der Waals surface area contributed by atoms with Gasteiger partial charge in [-0.05, 0) is 43.2 Å². The summed E-state index contributed by atoms with van der Waals surface area (Å²) in [4.78, 5) is 29.4. The van der Waals surface area contributed by atoms with Crippen LogP contribution in [0.2, 0.25) is 0 Å². The zero-order valence-electron chi connectivity index (χ0n) is 20.6. The molecular weight excluding hydrogens is 579 g/mol. The molecule has 1 aromatic carbocycles. The summed E-state index contributed by atoms with van der Waals surface area (Å²) in [5.41, 5.74) is -0.456. The van der Waals surface area contributed by atoms with Gasteiger partial charge < -0.3 is 5.32 Å². The van der Waals surface area contributed by atoms with Gasteiger partial charge in [0.2, 0.25) is 17.7 Å². The number of hydrogen-bond acceptors (Lipinski definition) is 4. The van der Waals surface area contributed by atoms with Gasteiger partial charge in [-0.2, -0.15) is 0 Å². The van der Waals surface area contributed by atoms with Gasteiger partial charge in [-0.1, -0.05) is 25.5 Å². The summed E-state index contributed by atoms with van der Waals surface area (Å²) in [6.45, 7) is -0.888. The molecule has 0 spiro atoms. The molecule has 1 aromatic heterocycles. The van der Waals surface area contributed by atoms with Crippen LogP contribution in [0.1, 0.15) is 43.7 Å². The minimum atomic E-state index is -10.1. The highest BCUT2D eigenvalue weighted by Crippen LogP contribution is 3.02. The quantitative estimate of drug-likeness (QED) is 0.354. The number of nitrogens with zero attached hydrogens (tertiary/aromatic N) is 2. The highest BCUT2D eigenvalue weighted by Gasteiger charge is 2.65. The molecule has 4 rings (SSSR count). The monoisotopic (exact) mass is 604 g/mol. The van der Waals surface area contributed by atoms with Crippen LogP contribution in [0, 0.1) is 0 Å². The lowest BCUT2D eigenvalue weighted by Crippen LogP contribution is -2.52. The normalized spacial score (nSPS) is 23.5. The van der Waals surface area contributed by atoms with Crippen molar-refractivity contribution in [1.82, 2.24) is 15.6 Å². The van der Waals surface area contributed by atoms with Crippen LogP contribution in [-0.2, 0) is 9.59 Å². The Bertz CT molecular complexity index is 1250. The number of rotatable bonds is 7. The van der Waals surface area contributed by atoms with Crippen molar-refractivity contribution in [3.63, 3.8) is 0 Å². The molecule has 16 heteroatoms. The maximum atomic E-state index is 14.0. The van der Waals surface area contributed by atoms with Crippen molar-refractivity contribution in [2.45, 2.75) is 67.0 Å². The second kappa shape index (κ2) is 9.53. The lowest BCUT2D eigenvalue weighted by molar-refractivity contribution is -0.128. The maximum Gasteiger partial charge on any atom is 0.310 e. The van der Waals surface area contributed by atoms with Gasteiger partial charge in [-0.25, -0.2) is 17.6 Å². The van der Waals surface area contributed by atoms with E-state index < -0.39 is 88.4 Å². The number of alkyl halides is 4. The molecule has 2 fully saturated rings. The molecule has 2 aliphatic rings. The minimum absolute atomic E-state index is 0.0102. The first kappa shape index (κ1) is 30.0. The molecule has 2 amide bonds. The maximum absolute atomic E-state index is 14.0. The van der Waals surface area contributed by atoms with Gasteiger partial charge in [-0.3, -0.25) is 24.8 Å². The largest absolute Gasteiger partial charge is 0.351 e. The van der Waals surface area contributed by atoms with E-state index in [1.165, 1.54) is 18.3 Å². The Morgan fingerprint density at radius 1 is 0.975 bits per heavy atom. The minimum Gasteiger partial charge on any atom is -0.351 e. The first-order chi connectivity index (χ1) is 18.2. The predicted octanol–water partition coefficient (Wildman–Crippen LogP) is 6.50. The smallest absolute Gasteiger partial charge is 0.310 e. The van der Waals surface area contributed by atoms with Crippen LogP contribution in [0.25, 0.3) is 0 Å². The fourth-order valence-electron chi connectivity index (χ4n) is 4.75. The molecule has 2 heterocycles. The average Bonchev–Trinajstić information content (AvgIpc) is 3.22. The Hall–Kier alpha value is -3.01. The van der Waals surface area contributed by atoms with E-state index >= 15 is 0 Å². The molecule has 1 aliphatic heterocycles. The molecule has 0 bridgehead atoms. The topological polar surface area (TPSA) is 74.3 Å². The molecule has 1 aliphatic carbocycles. The molecule has 1 saturated heterocycles. The number of benzene rings is 1. The van der Waals surface area contributed by atoms with Crippen LogP contribution >= 0.6 is 10.2 Å². The van der Waals surface area contributed by atoms with Gasteiger partial charge >= 0.3 is 10.2 Å². The number of amides is 2. The van der Waals surface area contributed by atoms with E-state index in [1.54, 1.807) is 0 Å². The van der Waals surface area contributed by atoms with Crippen LogP contribution in [-0.4, -0.2) is 47.3 Å². The Morgan fingerprint density at radius 3 is 2.10 bits per heavy atom. The number of carbonyl (C=O) groups excluding carboxylic acids is 2. The van der Waals surface area contributed by atoms with Crippen molar-refractivity contribution < 1.29 is 46.6 Å². The molecule has 222 valence electrons. The number of pyridine rings is 1. The van der Waals surface area contributed by atoms with E-state index in [2.05, 4.69) is 15.6 Å². The number of halogens is 9. The van der Waals surface area contributed by atoms with Crippen molar-refractivity contribution in [1.29, 1.82) is 0 Å². The van der Waals surface area contributed by atoms with Crippen molar-refractivity contribution in [3.8, 4) is 0 Å². The van der Waals surface area contributed by atoms with Gasteiger partial charge in [0.1, 0.15) is 10.9 Å². The zero-order chi connectivity index (χ0) is 29.6. The third-order valence-electron chi connectivity index (χ3n) is 6.78. The number of hydrogen-bond donors (Lipinski definition) is 2. The van der Waals surface area contributed by atoms with E-state index in [-0.39, 0.29) is 30.5 Å². The third-order valence-corrected chi connectivity index (χ3v) is 7.94. The number of nitrogens with one attached hydrogen (secondary N) is 2. The van der Waals surface area contributed by atoms with Gasteiger partial charge in [-0.15, -0.1) is 0 Å². The standard InChI is InChI=1S/C24H25F9N4O2S/c25-23(26)9-7-16(8-10-23)36-21(38)20(15-2-1-11-34-13-15)37(22(39)19-12-24(27,28)14-35-19)17-3-5-18(6-4-17)40(29,30,31,32)33/h1-6,11,13,16,19-20,35H,7-10,12,14H2,(H,36,38). The van der Waals surface area contributed by atoms with Crippen molar-refractivity contribution in [3.05, 3.63) is 54.4 Å². The van der Waals surface area contributed by atoms with Crippen LogP contribution in [0.3, 0.4) is 0 Å². The Balaban J connectivity index is 1.76. The summed E-state index contributed by atoms with van der Waals surface area (Å²) in [5, 5.41) is 4.87. The Labute approximate surface area is 223 Å². The van der Waals surface area contributed by atoms with Gasteiger partial charge in [0.25, 0.3) is 5.92 Å². The van der Waals surface area contributed by atoms with Crippen molar-refractivity contribution >= 4 is 27.7 Å². The molecule has 6 nitrogen and oxygen atoms in total. The van der Waals surface area contributed by atoms with E-state index in [1.807, 2.05) is 0 Å². The summed E-state index contributed by atoms with van der Waals surface area (Å²) in [7, 11) is -10.1. The summed E-state index contributed by atoms with van der Waals surface area (Å²) >= 11 is 0. The molecule has 2 unspecified atom stereocenters. The third kappa shape index (κ3) is 7.00. The molecule has 2 N–H and O–H groups in total. The number of anilines is 1. The number of aromatic nitrogens is 1. The second-order valence-corrected chi connectivity index (χ2v) is 12.4. The van der Waals surface area contributed by atoms with E-state index in [9.17, 15) is 46.6 Å². The average molecular weight is 605 g/mol. The Morgan fingerprint density at radius 2 is 1.60 bits per heavy atom. The second-order valence-electron chi connectivity index (χ2n) is 9.99. The summed E-state index contributed by atoms with van der Waals surface area (Å²) in [5.74, 6) is -8.32. The molecule has 40 heavy (non-hydrogen) atoms. The molecular formula is C24H25F9N4O2S. The van der Waals surface area contributed by atoms with Crippen LogP contribution in [0.15, 0.2) is 53.7 Å². The van der Waals surface area contributed by atoms with E-state index in [0.29, 0.717) is 17.0 Å². The number of carbonyl (C=O) groups is 2. The van der Waals surface area contributed by atoms with Crippen molar-refractivity contribution in [2.75, 3.05) is 11.4 Å². The predicted molar refractivity (Wildman–Crippen MR) is 129 cm³/mol.